The van der Waals surface area contributed by atoms with E-state index in [2.05, 4.69) is 27.4 Å². The zero-order chi connectivity index (χ0) is 28.7. The number of para-hydroxylation sites is 1. The number of thiazole rings is 1. The molecule has 2 aliphatic heterocycles. The SMILES string of the molecule is CCCCNC(=O)N(C)N1CC(=O)N2[C@@H](Cc3ccc4[nH]ncc4c3)C(=O)N(Cc3cccc4sc(N)nc34)C[C@@H]21. The topological polar surface area (TPSA) is 144 Å². The number of nitrogens with two attached hydrogens (primary N) is 1. The quantitative estimate of drug-likeness (QED) is 0.274. The standard InChI is InChI=1S/C28H33N9O3S/c1-3-4-10-30-28(40)34(2)36-16-24(38)37-21(12-17-8-9-20-19(11-17)13-31-33-20)26(39)35(15-23(36)37)14-18-6-5-7-22-25(18)32-27(29)41-22/h5-9,11,13,21,23H,3-4,10,12,14-16H2,1-2H3,(H2,29,32)(H,30,40)(H,31,33)/t21-,23+/m0/s1. The van der Waals surface area contributed by atoms with Crippen molar-refractivity contribution in [1.82, 2.24) is 40.3 Å². The molecule has 0 aliphatic carbocycles. The maximum atomic E-state index is 14.1. The molecule has 2 atom stereocenters. The van der Waals surface area contributed by atoms with Crippen LogP contribution in [0.1, 0.15) is 30.9 Å². The number of aromatic amines is 1. The highest BCUT2D eigenvalue weighted by atomic mass is 32.1. The number of hydrazine groups is 1. The number of urea groups is 1. The van der Waals surface area contributed by atoms with E-state index in [0.29, 0.717) is 24.6 Å². The largest absolute Gasteiger partial charge is 0.375 e. The van der Waals surface area contributed by atoms with E-state index in [4.69, 9.17) is 5.73 Å². The van der Waals surface area contributed by atoms with Crippen LogP contribution >= 0.6 is 11.3 Å². The molecule has 41 heavy (non-hydrogen) atoms. The Morgan fingerprint density at radius 3 is 2.95 bits per heavy atom. The molecule has 0 unspecified atom stereocenters. The van der Waals surface area contributed by atoms with Gasteiger partial charge in [0.05, 0.1) is 35.0 Å². The molecule has 13 heteroatoms. The van der Waals surface area contributed by atoms with Gasteiger partial charge in [0.15, 0.2) is 5.13 Å². The second-order valence-electron chi connectivity index (χ2n) is 10.5. The van der Waals surface area contributed by atoms with Crippen molar-refractivity contribution in [2.45, 2.75) is 44.9 Å². The molecule has 4 heterocycles. The Hall–Kier alpha value is -4.23. The Labute approximate surface area is 241 Å². The summed E-state index contributed by atoms with van der Waals surface area (Å²) in [5, 5.41) is 14.6. The van der Waals surface area contributed by atoms with Gasteiger partial charge in [0.2, 0.25) is 11.8 Å². The Bertz CT molecular complexity index is 1620. The van der Waals surface area contributed by atoms with Gasteiger partial charge in [0.1, 0.15) is 12.2 Å². The van der Waals surface area contributed by atoms with Crippen LogP contribution < -0.4 is 11.1 Å². The number of hydrogen-bond donors (Lipinski definition) is 3. The van der Waals surface area contributed by atoms with Gasteiger partial charge in [0, 0.05) is 31.9 Å². The number of nitrogen functional groups attached to an aromatic ring is 1. The van der Waals surface area contributed by atoms with Crippen molar-refractivity contribution in [3.63, 3.8) is 0 Å². The summed E-state index contributed by atoms with van der Waals surface area (Å²) in [5.41, 5.74) is 9.48. The molecule has 4 aromatic rings. The summed E-state index contributed by atoms with van der Waals surface area (Å²) < 4.78 is 0.956. The first-order valence-corrected chi connectivity index (χ1v) is 14.6. The van der Waals surface area contributed by atoms with E-state index >= 15 is 0 Å². The average Bonchev–Trinajstić information content (AvgIpc) is 3.67. The Morgan fingerprint density at radius 2 is 2.12 bits per heavy atom. The molecule has 2 aromatic heterocycles. The minimum atomic E-state index is -0.730. The molecule has 2 saturated heterocycles. The van der Waals surface area contributed by atoms with E-state index in [9.17, 15) is 14.4 Å². The van der Waals surface area contributed by atoms with Crippen molar-refractivity contribution in [3.8, 4) is 0 Å². The molecule has 2 fully saturated rings. The maximum Gasteiger partial charge on any atom is 0.331 e. The number of nitrogens with one attached hydrogen (secondary N) is 2. The lowest BCUT2D eigenvalue weighted by atomic mass is 9.99. The molecule has 2 aromatic carbocycles. The summed E-state index contributed by atoms with van der Waals surface area (Å²) >= 11 is 1.41. The molecule has 0 radical (unpaired) electrons. The molecule has 4 N–H and O–H groups in total. The molecule has 2 aliphatic rings. The number of nitrogens with zero attached hydrogens (tertiary/aromatic N) is 6. The lowest BCUT2D eigenvalue weighted by molar-refractivity contribution is -0.157. The van der Waals surface area contributed by atoms with Gasteiger partial charge in [-0.05, 0) is 35.7 Å². The minimum Gasteiger partial charge on any atom is -0.375 e. The second kappa shape index (κ2) is 11.0. The monoisotopic (exact) mass is 575 g/mol. The van der Waals surface area contributed by atoms with Gasteiger partial charge in [0.25, 0.3) is 0 Å². The second-order valence-corrected chi connectivity index (χ2v) is 11.6. The molecule has 0 bridgehead atoms. The number of hydrogen-bond acceptors (Lipinski definition) is 8. The van der Waals surface area contributed by atoms with Crippen molar-refractivity contribution >= 4 is 55.4 Å². The van der Waals surface area contributed by atoms with E-state index in [0.717, 1.165) is 45.1 Å². The number of aromatic nitrogens is 3. The summed E-state index contributed by atoms with van der Waals surface area (Å²) in [6.07, 6.45) is 3.41. The number of unbranched alkanes of at least 4 members (excludes halogenated alkanes) is 1. The number of anilines is 1. The van der Waals surface area contributed by atoms with E-state index in [1.165, 1.54) is 16.3 Å². The van der Waals surface area contributed by atoms with Gasteiger partial charge < -0.3 is 20.9 Å². The highest BCUT2D eigenvalue weighted by Gasteiger charge is 2.51. The molecule has 4 amide bonds. The summed E-state index contributed by atoms with van der Waals surface area (Å²) in [6.45, 7) is 3.20. The van der Waals surface area contributed by atoms with Crippen molar-refractivity contribution < 1.29 is 14.4 Å². The third kappa shape index (κ3) is 5.06. The van der Waals surface area contributed by atoms with Gasteiger partial charge in [-0.25, -0.2) is 9.78 Å². The average molecular weight is 576 g/mol. The lowest BCUT2D eigenvalue weighted by Gasteiger charge is -2.45. The number of fused-ring (bicyclic) bond motifs is 3. The van der Waals surface area contributed by atoms with Crippen LogP contribution in [0.25, 0.3) is 21.1 Å². The normalized spacial score (nSPS) is 19.4. The summed E-state index contributed by atoms with van der Waals surface area (Å²) in [7, 11) is 1.67. The van der Waals surface area contributed by atoms with Crippen LogP contribution in [0.4, 0.5) is 9.93 Å². The third-order valence-electron chi connectivity index (χ3n) is 7.87. The Morgan fingerprint density at radius 1 is 1.27 bits per heavy atom. The first-order valence-electron chi connectivity index (χ1n) is 13.8. The first kappa shape index (κ1) is 27.0. The fourth-order valence-corrected chi connectivity index (χ4v) is 6.53. The Balaban J connectivity index is 1.33. The van der Waals surface area contributed by atoms with Crippen LogP contribution in [0.3, 0.4) is 0 Å². The molecule has 0 spiro atoms. The van der Waals surface area contributed by atoms with Crippen LogP contribution in [0.2, 0.25) is 0 Å². The van der Waals surface area contributed by atoms with E-state index < -0.39 is 12.2 Å². The number of H-pyrrole nitrogens is 1. The molecule has 0 saturated carbocycles. The fraction of sp³-hybridized carbons (Fsp3) is 0.393. The molecule has 214 valence electrons. The van der Waals surface area contributed by atoms with Crippen LogP contribution in [0.5, 0.6) is 0 Å². The highest BCUT2D eigenvalue weighted by Crippen LogP contribution is 2.32. The van der Waals surface area contributed by atoms with E-state index in [1.54, 1.807) is 28.1 Å². The highest BCUT2D eigenvalue weighted by molar-refractivity contribution is 7.22. The number of carbonyl (C=O) groups excluding carboxylic acids is 3. The van der Waals surface area contributed by atoms with Crippen molar-refractivity contribution in [3.05, 3.63) is 53.7 Å². The number of amides is 4. The molecular formula is C28H33N9O3S. The van der Waals surface area contributed by atoms with Gasteiger partial charge in [-0.15, -0.1) is 0 Å². The third-order valence-corrected chi connectivity index (χ3v) is 8.72. The van der Waals surface area contributed by atoms with Crippen molar-refractivity contribution in [2.24, 2.45) is 0 Å². The lowest BCUT2D eigenvalue weighted by Crippen LogP contribution is -2.65. The molecule has 12 nitrogen and oxygen atoms in total. The first-order chi connectivity index (χ1) is 19.8. The zero-order valence-electron chi connectivity index (χ0n) is 23.0. The number of benzene rings is 2. The molecular weight excluding hydrogens is 542 g/mol. The Kier molecular flexibility index (Phi) is 7.22. The van der Waals surface area contributed by atoms with Gasteiger partial charge in [-0.2, -0.15) is 10.1 Å². The van der Waals surface area contributed by atoms with E-state index in [1.807, 2.05) is 36.4 Å². The number of carbonyl (C=O) groups is 3. The van der Waals surface area contributed by atoms with Gasteiger partial charge >= 0.3 is 6.03 Å². The predicted octanol–water partition coefficient (Wildman–Crippen LogP) is 2.54. The maximum absolute atomic E-state index is 14.1. The number of piperazine rings is 1. The van der Waals surface area contributed by atoms with Crippen LogP contribution in [0, 0.1) is 0 Å². The zero-order valence-corrected chi connectivity index (χ0v) is 23.9. The summed E-state index contributed by atoms with van der Waals surface area (Å²) in [4.78, 5) is 48.5. The minimum absolute atomic E-state index is 0.0128. The van der Waals surface area contributed by atoms with Crippen LogP contribution in [-0.4, -0.2) is 91.7 Å². The van der Waals surface area contributed by atoms with Crippen LogP contribution in [-0.2, 0) is 22.6 Å². The van der Waals surface area contributed by atoms with Gasteiger partial charge in [-0.3, -0.25) is 19.7 Å². The molecule has 6 rings (SSSR count). The van der Waals surface area contributed by atoms with Gasteiger partial charge in [-0.1, -0.05) is 42.9 Å². The fourth-order valence-electron chi connectivity index (χ4n) is 5.75. The van der Waals surface area contributed by atoms with E-state index in [-0.39, 0.29) is 30.9 Å². The smallest absolute Gasteiger partial charge is 0.331 e. The van der Waals surface area contributed by atoms with Crippen LogP contribution in [0.15, 0.2) is 42.6 Å². The van der Waals surface area contributed by atoms with Crippen molar-refractivity contribution in [2.75, 3.05) is 32.4 Å². The summed E-state index contributed by atoms with van der Waals surface area (Å²) in [6, 6.07) is 10.7. The number of rotatable bonds is 8. The summed E-state index contributed by atoms with van der Waals surface area (Å²) in [5.74, 6) is -0.320. The predicted molar refractivity (Wildman–Crippen MR) is 156 cm³/mol. The van der Waals surface area contributed by atoms with Crippen molar-refractivity contribution in [1.29, 1.82) is 0 Å².